The number of morpholine rings is 1. The number of ether oxygens (including phenoxy) is 1. The molecule has 1 aliphatic rings. The Morgan fingerprint density at radius 1 is 1.24 bits per heavy atom. The fourth-order valence-corrected chi connectivity index (χ4v) is 5.18. The number of pyridine rings is 1. The Bertz CT molecular complexity index is 981. The summed E-state index contributed by atoms with van der Waals surface area (Å²) in [5.41, 5.74) is 0.466. The third-order valence-electron chi connectivity index (χ3n) is 4.17. The number of nitrogens with zero attached hydrogens (tertiary/aromatic N) is 2. The van der Waals surface area contributed by atoms with Gasteiger partial charge in [0.1, 0.15) is 4.90 Å². The Balaban J connectivity index is 1.63. The second kappa shape index (κ2) is 9.63. The number of anilines is 1. The van der Waals surface area contributed by atoms with Crippen molar-refractivity contribution in [3.05, 3.63) is 46.6 Å². The molecular formula is C18H19Cl2N3O4S2. The van der Waals surface area contributed by atoms with Gasteiger partial charge in [0.25, 0.3) is 0 Å². The number of rotatable bonds is 6. The molecule has 2 heterocycles. The minimum atomic E-state index is -3.60. The number of halogens is 2. The maximum Gasteiger partial charge on any atom is 0.244 e. The van der Waals surface area contributed by atoms with Crippen LogP contribution in [0.4, 0.5) is 5.69 Å². The van der Waals surface area contributed by atoms with E-state index in [-0.39, 0.29) is 10.8 Å². The zero-order valence-electron chi connectivity index (χ0n) is 15.5. The van der Waals surface area contributed by atoms with E-state index in [0.717, 1.165) is 0 Å². The number of hydrogen-bond donors (Lipinski definition) is 1. The molecular weight excluding hydrogens is 457 g/mol. The number of aromatic nitrogens is 1. The van der Waals surface area contributed by atoms with Gasteiger partial charge in [-0.05, 0) is 37.3 Å². The fourth-order valence-electron chi connectivity index (χ4n) is 2.58. The quantitative estimate of drug-likeness (QED) is 0.642. The van der Waals surface area contributed by atoms with Gasteiger partial charge in [0.2, 0.25) is 15.9 Å². The van der Waals surface area contributed by atoms with Crippen LogP contribution in [0.1, 0.15) is 6.92 Å². The highest BCUT2D eigenvalue weighted by Gasteiger charge is 2.26. The van der Waals surface area contributed by atoms with Gasteiger partial charge >= 0.3 is 0 Å². The summed E-state index contributed by atoms with van der Waals surface area (Å²) in [5.74, 6) is -0.258. The van der Waals surface area contributed by atoms with E-state index in [1.807, 2.05) is 0 Å². The standard InChI is InChI=1S/C18H19Cl2N3O4S2/c1-12(18(24)22-16-4-2-13(19)10-15(16)20)28-17-5-3-14(11-21-17)29(25,26)23-6-8-27-9-7-23/h2-5,10-12H,6-9H2,1H3,(H,22,24)/t12-/m0/s1. The van der Waals surface area contributed by atoms with E-state index in [4.69, 9.17) is 27.9 Å². The van der Waals surface area contributed by atoms with Crippen molar-refractivity contribution >= 4 is 56.6 Å². The normalized spacial score (nSPS) is 16.4. The number of carbonyl (C=O) groups excluding carboxylic acids is 1. The zero-order chi connectivity index (χ0) is 21.0. The van der Waals surface area contributed by atoms with Crippen LogP contribution in [-0.4, -0.2) is 55.2 Å². The first-order chi connectivity index (χ1) is 13.8. The third kappa shape index (κ3) is 5.62. The van der Waals surface area contributed by atoms with Crippen LogP contribution in [0.5, 0.6) is 0 Å². The number of nitrogens with one attached hydrogen (secondary N) is 1. The van der Waals surface area contributed by atoms with Gasteiger partial charge in [0.05, 0.1) is 34.2 Å². The topological polar surface area (TPSA) is 88.6 Å². The van der Waals surface area contributed by atoms with Crippen molar-refractivity contribution in [1.29, 1.82) is 0 Å². The summed E-state index contributed by atoms with van der Waals surface area (Å²) in [4.78, 5) is 16.7. The first-order valence-electron chi connectivity index (χ1n) is 8.74. The Hall–Kier alpha value is -1.36. The number of amides is 1. The number of thioether (sulfide) groups is 1. The minimum absolute atomic E-state index is 0.119. The summed E-state index contributed by atoms with van der Waals surface area (Å²) in [5, 5.41) is 3.63. The van der Waals surface area contributed by atoms with Crippen molar-refractivity contribution in [2.24, 2.45) is 0 Å². The van der Waals surface area contributed by atoms with Crippen LogP contribution in [0.3, 0.4) is 0 Å². The van der Waals surface area contributed by atoms with Gasteiger partial charge in [-0.3, -0.25) is 4.79 Å². The highest BCUT2D eigenvalue weighted by Crippen LogP contribution is 2.28. The molecule has 1 aromatic carbocycles. The lowest BCUT2D eigenvalue weighted by Gasteiger charge is -2.25. The van der Waals surface area contributed by atoms with Crippen molar-refractivity contribution in [3.63, 3.8) is 0 Å². The molecule has 0 saturated carbocycles. The van der Waals surface area contributed by atoms with E-state index in [0.29, 0.717) is 47.1 Å². The predicted octanol–water partition coefficient (Wildman–Crippen LogP) is 3.53. The average molecular weight is 476 g/mol. The molecule has 7 nitrogen and oxygen atoms in total. The predicted molar refractivity (Wildman–Crippen MR) is 114 cm³/mol. The molecule has 3 rings (SSSR count). The highest BCUT2D eigenvalue weighted by atomic mass is 35.5. The van der Waals surface area contributed by atoms with Crippen LogP contribution in [0.25, 0.3) is 0 Å². The Morgan fingerprint density at radius 2 is 1.97 bits per heavy atom. The smallest absolute Gasteiger partial charge is 0.244 e. The number of benzene rings is 1. The summed E-state index contributed by atoms with van der Waals surface area (Å²) in [6.45, 7) is 3.13. The first kappa shape index (κ1) is 22.3. The van der Waals surface area contributed by atoms with Gasteiger partial charge in [0, 0.05) is 24.3 Å². The molecule has 2 aromatic rings. The SMILES string of the molecule is C[C@H](Sc1ccc(S(=O)(=O)N2CCOCC2)cn1)C(=O)Nc1ccc(Cl)cc1Cl. The van der Waals surface area contributed by atoms with Gasteiger partial charge in [-0.2, -0.15) is 4.31 Å². The van der Waals surface area contributed by atoms with Crippen LogP contribution < -0.4 is 5.32 Å². The lowest BCUT2D eigenvalue weighted by atomic mass is 10.3. The van der Waals surface area contributed by atoms with Gasteiger partial charge in [-0.15, -0.1) is 0 Å². The fraction of sp³-hybridized carbons (Fsp3) is 0.333. The lowest BCUT2D eigenvalue weighted by molar-refractivity contribution is -0.115. The van der Waals surface area contributed by atoms with Crippen molar-refractivity contribution in [2.45, 2.75) is 22.1 Å². The van der Waals surface area contributed by atoms with Crippen molar-refractivity contribution in [2.75, 3.05) is 31.6 Å². The molecule has 1 fully saturated rings. The molecule has 0 spiro atoms. The molecule has 29 heavy (non-hydrogen) atoms. The van der Waals surface area contributed by atoms with Crippen LogP contribution >= 0.6 is 35.0 Å². The van der Waals surface area contributed by atoms with Gasteiger partial charge < -0.3 is 10.1 Å². The van der Waals surface area contributed by atoms with E-state index in [1.165, 1.54) is 28.3 Å². The molecule has 0 radical (unpaired) electrons. The second-order valence-corrected chi connectivity index (χ2v) is 10.4. The second-order valence-electron chi connectivity index (χ2n) is 6.22. The van der Waals surface area contributed by atoms with Crippen molar-refractivity contribution in [3.8, 4) is 0 Å². The van der Waals surface area contributed by atoms with E-state index < -0.39 is 15.3 Å². The third-order valence-corrected chi connectivity index (χ3v) is 7.65. The monoisotopic (exact) mass is 475 g/mol. The molecule has 1 aromatic heterocycles. The number of sulfonamides is 1. The average Bonchev–Trinajstić information content (AvgIpc) is 2.71. The molecule has 0 bridgehead atoms. The van der Waals surface area contributed by atoms with Crippen LogP contribution in [0.2, 0.25) is 10.0 Å². The first-order valence-corrected chi connectivity index (χ1v) is 11.8. The molecule has 1 amide bonds. The molecule has 0 aliphatic carbocycles. The van der Waals surface area contributed by atoms with E-state index in [9.17, 15) is 13.2 Å². The highest BCUT2D eigenvalue weighted by molar-refractivity contribution is 8.00. The van der Waals surface area contributed by atoms with Crippen molar-refractivity contribution < 1.29 is 17.9 Å². The van der Waals surface area contributed by atoms with E-state index >= 15 is 0 Å². The molecule has 1 saturated heterocycles. The van der Waals surface area contributed by atoms with Crippen molar-refractivity contribution in [1.82, 2.24) is 9.29 Å². The van der Waals surface area contributed by atoms with Crippen LogP contribution in [0.15, 0.2) is 46.5 Å². The summed E-state index contributed by atoms with van der Waals surface area (Å²) in [7, 11) is -3.60. The zero-order valence-corrected chi connectivity index (χ0v) is 18.6. The summed E-state index contributed by atoms with van der Waals surface area (Å²) < 4.78 is 31.8. The van der Waals surface area contributed by atoms with Crippen LogP contribution in [0, 0.1) is 0 Å². The number of carbonyl (C=O) groups is 1. The molecule has 1 atom stereocenters. The Kier molecular flexibility index (Phi) is 7.42. The molecule has 156 valence electrons. The molecule has 1 N–H and O–H groups in total. The Morgan fingerprint density at radius 3 is 2.59 bits per heavy atom. The Labute approximate surface area is 183 Å². The van der Waals surface area contributed by atoms with Crippen LogP contribution in [-0.2, 0) is 19.6 Å². The maximum absolute atomic E-state index is 12.6. The summed E-state index contributed by atoms with van der Waals surface area (Å²) >= 11 is 13.1. The largest absolute Gasteiger partial charge is 0.379 e. The van der Waals surface area contributed by atoms with Gasteiger partial charge in [-0.1, -0.05) is 35.0 Å². The van der Waals surface area contributed by atoms with Gasteiger partial charge in [-0.25, -0.2) is 13.4 Å². The molecule has 1 aliphatic heterocycles. The minimum Gasteiger partial charge on any atom is -0.379 e. The summed E-state index contributed by atoms with van der Waals surface area (Å²) in [6, 6.07) is 7.91. The molecule has 0 unspecified atom stereocenters. The van der Waals surface area contributed by atoms with E-state index in [1.54, 1.807) is 31.2 Å². The van der Waals surface area contributed by atoms with Gasteiger partial charge in [0.15, 0.2) is 0 Å². The number of hydrogen-bond acceptors (Lipinski definition) is 6. The van der Waals surface area contributed by atoms with E-state index in [2.05, 4.69) is 10.3 Å². The summed E-state index contributed by atoms with van der Waals surface area (Å²) in [6.07, 6.45) is 1.31. The maximum atomic E-state index is 12.6. The lowest BCUT2D eigenvalue weighted by Crippen LogP contribution is -2.40. The molecule has 11 heteroatoms.